The number of piperidine rings is 1. The minimum Gasteiger partial charge on any atom is -0.507 e. The van der Waals surface area contributed by atoms with Crippen LogP contribution < -0.4 is 0 Å². The lowest BCUT2D eigenvalue weighted by Gasteiger charge is -2.38. The number of rotatable bonds is 3. The Balaban J connectivity index is 1.98. The van der Waals surface area contributed by atoms with Crippen molar-refractivity contribution in [2.75, 3.05) is 6.61 Å². The number of carbonyl (C=O) groups excluding carboxylic acids is 2. The third kappa shape index (κ3) is 3.40. The van der Waals surface area contributed by atoms with E-state index in [0.717, 1.165) is 19.3 Å². The van der Waals surface area contributed by atoms with Crippen molar-refractivity contribution in [2.45, 2.75) is 52.1 Å². The summed E-state index contributed by atoms with van der Waals surface area (Å²) >= 11 is 0. The highest BCUT2D eigenvalue weighted by Crippen LogP contribution is 2.24. The van der Waals surface area contributed by atoms with Crippen molar-refractivity contribution >= 4 is 11.9 Å². The number of para-hydroxylation sites is 1. The first-order valence-electron chi connectivity index (χ1n) is 7.68. The van der Waals surface area contributed by atoms with Gasteiger partial charge in [0.2, 0.25) is 0 Å². The van der Waals surface area contributed by atoms with Crippen LogP contribution in [-0.4, -0.2) is 40.6 Å². The molecule has 0 aromatic heterocycles. The lowest BCUT2D eigenvalue weighted by molar-refractivity contribution is -0.140. The summed E-state index contributed by atoms with van der Waals surface area (Å²) in [5.74, 6) is -0.952. The van der Waals surface area contributed by atoms with Crippen LogP contribution in [0.5, 0.6) is 5.75 Å². The molecule has 0 unspecified atom stereocenters. The van der Waals surface area contributed by atoms with Gasteiger partial charge < -0.3 is 14.7 Å². The summed E-state index contributed by atoms with van der Waals surface area (Å²) in [4.78, 5) is 26.1. The number of phenols is 1. The van der Waals surface area contributed by atoms with E-state index in [9.17, 15) is 14.7 Å². The Bertz CT molecular complexity index is 560. The summed E-state index contributed by atoms with van der Waals surface area (Å²) in [6.07, 6.45) is 3.06. The molecule has 0 radical (unpaired) electrons. The van der Waals surface area contributed by atoms with E-state index in [-0.39, 0.29) is 35.9 Å². The van der Waals surface area contributed by atoms with E-state index in [0.29, 0.717) is 5.56 Å². The maximum absolute atomic E-state index is 12.3. The van der Waals surface area contributed by atoms with Crippen LogP contribution in [0.1, 0.15) is 49.0 Å². The molecule has 0 saturated carbocycles. The molecule has 5 heteroatoms. The maximum Gasteiger partial charge on any atom is 0.342 e. The number of esters is 1. The molecule has 1 heterocycles. The number of ether oxygens (including phenoxy) is 1. The maximum atomic E-state index is 12.3. The molecule has 1 N–H and O–H groups in total. The first-order valence-corrected chi connectivity index (χ1v) is 7.68. The van der Waals surface area contributed by atoms with Gasteiger partial charge in [-0.05, 0) is 51.7 Å². The first kappa shape index (κ1) is 16.3. The van der Waals surface area contributed by atoms with Gasteiger partial charge in [0, 0.05) is 12.1 Å². The SMILES string of the molecule is Cc1cccc(C(=O)OCC(=O)N2[C@H](C)CCC[C@@H]2C)c1O. The van der Waals surface area contributed by atoms with Crippen molar-refractivity contribution in [1.82, 2.24) is 4.90 Å². The van der Waals surface area contributed by atoms with E-state index in [2.05, 4.69) is 0 Å². The molecule has 0 spiro atoms. The molecule has 0 bridgehead atoms. The molecule has 2 rings (SSSR count). The van der Waals surface area contributed by atoms with Gasteiger partial charge in [0.15, 0.2) is 6.61 Å². The number of aromatic hydroxyl groups is 1. The Morgan fingerprint density at radius 2 is 1.91 bits per heavy atom. The zero-order valence-corrected chi connectivity index (χ0v) is 13.3. The fourth-order valence-corrected chi connectivity index (χ4v) is 3.02. The Morgan fingerprint density at radius 1 is 1.27 bits per heavy atom. The van der Waals surface area contributed by atoms with Gasteiger partial charge >= 0.3 is 5.97 Å². The van der Waals surface area contributed by atoms with Crippen molar-refractivity contribution in [1.29, 1.82) is 0 Å². The van der Waals surface area contributed by atoms with Gasteiger partial charge in [-0.3, -0.25) is 4.79 Å². The normalized spacial score (nSPS) is 21.5. The number of hydrogen-bond acceptors (Lipinski definition) is 4. The summed E-state index contributed by atoms with van der Waals surface area (Å²) in [7, 11) is 0. The quantitative estimate of drug-likeness (QED) is 0.872. The van der Waals surface area contributed by atoms with Crippen LogP contribution in [0.15, 0.2) is 18.2 Å². The second-order valence-corrected chi connectivity index (χ2v) is 5.98. The topological polar surface area (TPSA) is 66.8 Å². The van der Waals surface area contributed by atoms with Crippen LogP contribution >= 0.6 is 0 Å². The number of hydrogen-bond donors (Lipinski definition) is 1. The van der Waals surface area contributed by atoms with Gasteiger partial charge in [-0.15, -0.1) is 0 Å². The number of likely N-dealkylation sites (tertiary alicyclic amines) is 1. The summed E-state index contributed by atoms with van der Waals surface area (Å²) in [5.41, 5.74) is 0.687. The van der Waals surface area contributed by atoms with Crippen molar-refractivity contribution in [2.24, 2.45) is 0 Å². The van der Waals surface area contributed by atoms with Gasteiger partial charge in [-0.25, -0.2) is 4.79 Å². The van der Waals surface area contributed by atoms with Gasteiger partial charge in [-0.2, -0.15) is 0 Å². The molecular formula is C17H23NO4. The van der Waals surface area contributed by atoms with Crippen molar-refractivity contribution in [3.05, 3.63) is 29.3 Å². The Kier molecular flexibility index (Phi) is 5.06. The Labute approximate surface area is 130 Å². The zero-order valence-electron chi connectivity index (χ0n) is 13.3. The van der Waals surface area contributed by atoms with E-state index in [1.807, 2.05) is 13.8 Å². The summed E-state index contributed by atoms with van der Waals surface area (Å²) in [6.45, 7) is 5.44. The van der Waals surface area contributed by atoms with E-state index in [1.165, 1.54) is 6.07 Å². The zero-order chi connectivity index (χ0) is 16.3. The molecule has 1 aromatic rings. The molecule has 1 aliphatic rings. The molecule has 1 aromatic carbocycles. The van der Waals surface area contributed by atoms with Crippen LogP contribution in [0, 0.1) is 6.92 Å². The van der Waals surface area contributed by atoms with Gasteiger partial charge in [0.25, 0.3) is 5.91 Å². The minimum absolute atomic E-state index is 0.0903. The highest BCUT2D eigenvalue weighted by atomic mass is 16.5. The second-order valence-electron chi connectivity index (χ2n) is 5.98. The summed E-state index contributed by atoms with van der Waals surface area (Å²) < 4.78 is 5.09. The molecule has 22 heavy (non-hydrogen) atoms. The number of nitrogens with zero attached hydrogens (tertiary/aromatic N) is 1. The average Bonchev–Trinajstić information content (AvgIpc) is 2.47. The number of amides is 1. The fourth-order valence-electron chi connectivity index (χ4n) is 3.02. The van der Waals surface area contributed by atoms with Gasteiger partial charge in [0.05, 0.1) is 0 Å². The lowest BCUT2D eigenvalue weighted by atomic mass is 9.97. The number of benzene rings is 1. The molecule has 120 valence electrons. The van der Waals surface area contributed by atoms with Crippen LogP contribution in [0.3, 0.4) is 0 Å². The second kappa shape index (κ2) is 6.81. The molecule has 1 fully saturated rings. The average molecular weight is 305 g/mol. The molecule has 1 saturated heterocycles. The largest absolute Gasteiger partial charge is 0.507 e. The van der Waals surface area contributed by atoms with E-state index >= 15 is 0 Å². The monoisotopic (exact) mass is 305 g/mol. The van der Waals surface area contributed by atoms with Gasteiger partial charge in [0.1, 0.15) is 11.3 Å². The Morgan fingerprint density at radius 3 is 2.55 bits per heavy atom. The standard InChI is InChI=1S/C17H23NO4/c1-11-6-4-9-14(16(11)20)17(21)22-10-15(19)18-12(2)7-5-8-13(18)3/h4,6,9,12-13,20H,5,7-8,10H2,1-3H3/t12-,13+. The summed E-state index contributed by atoms with van der Waals surface area (Å²) in [5, 5.41) is 9.87. The van der Waals surface area contributed by atoms with Crippen LogP contribution in [0.2, 0.25) is 0 Å². The molecule has 1 aliphatic heterocycles. The molecule has 1 amide bonds. The minimum atomic E-state index is -0.674. The molecular weight excluding hydrogens is 282 g/mol. The fraction of sp³-hybridized carbons (Fsp3) is 0.529. The molecule has 2 atom stereocenters. The third-order valence-electron chi connectivity index (χ3n) is 4.27. The van der Waals surface area contributed by atoms with Crippen molar-refractivity contribution in [3.8, 4) is 5.75 Å². The molecule has 0 aliphatic carbocycles. The van der Waals surface area contributed by atoms with E-state index < -0.39 is 5.97 Å². The van der Waals surface area contributed by atoms with Crippen molar-refractivity contribution < 1.29 is 19.4 Å². The predicted octanol–water partition coefficient (Wildman–Crippen LogP) is 2.65. The number of carbonyl (C=O) groups is 2. The first-order chi connectivity index (χ1) is 10.4. The van der Waals surface area contributed by atoms with E-state index in [1.54, 1.807) is 24.0 Å². The van der Waals surface area contributed by atoms with E-state index in [4.69, 9.17) is 4.74 Å². The number of aryl methyl sites for hydroxylation is 1. The van der Waals surface area contributed by atoms with Crippen LogP contribution in [-0.2, 0) is 9.53 Å². The van der Waals surface area contributed by atoms with Crippen LogP contribution in [0.25, 0.3) is 0 Å². The third-order valence-corrected chi connectivity index (χ3v) is 4.27. The smallest absolute Gasteiger partial charge is 0.342 e. The van der Waals surface area contributed by atoms with Gasteiger partial charge in [-0.1, -0.05) is 12.1 Å². The van der Waals surface area contributed by atoms with Crippen molar-refractivity contribution in [3.63, 3.8) is 0 Å². The molecule has 5 nitrogen and oxygen atoms in total. The summed E-state index contributed by atoms with van der Waals surface area (Å²) in [6, 6.07) is 5.20. The number of phenolic OH excluding ortho intramolecular Hbond substituents is 1. The highest BCUT2D eigenvalue weighted by molar-refractivity contribution is 5.94. The highest BCUT2D eigenvalue weighted by Gasteiger charge is 2.29. The lowest BCUT2D eigenvalue weighted by Crippen LogP contribution is -2.49. The van der Waals surface area contributed by atoms with Crippen LogP contribution in [0.4, 0.5) is 0 Å². The Hall–Kier alpha value is -2.04. The predicted molar refractivity (Wildman–Crippen MR) is 82.7 cm³/mol.